The Morgan fingerprint density at radius 3 is 0.714 bits per heavy atom. The smallest absolute Gasteiger partial charge is 0.0157 e. The van der Waals surface area contributed by atoms with E-state index in [0.29, 0.717) is 52.7 Å². The summed E-state index contributed by atoms with van der Waals surface area (Å²) in [6, 6.07) is 10.1. The van der Waals surface area contributed by atoms with Gasteiger partial charge in [-0.25, -0.2) is 0 Å². The predicted octanol–water partition coefficient (Wildman–Crippen LogP) is 10.9. The zero-order valence-corrected chi connectivity index (χ0v) is 31.8. The minimum atomic E-state index is 0.519. The van der Waals surface area contributed by atoms with Gasteiger partial charge in [-0.15, -0.1) is 0 Å². The van der Waals surface area contributed by atoms with Crippen molar-refractivity contribution in [1.82, 2.24) is 0 Å². The van der Waals surface area contributed by atoms with E-state index in [1.807, 2.05) is 0 Å². The van der Waals surface area contributed by atoms with Crippen molar-refractivity contribution in [3.8, 4) is 0 Å². The van der Waals surface area contributed by atoms with Crippen LogP contribution in [-0.2, 0) is 0 Å². The second-order valence-corrected chi connectivity index (χ2v) is 17.1. The van der Waals surface area contributed by atoms with Crippen molar-refractivity contribution in [2.75, 3.05) is 0 Å². The van der Waals surface area contributed by atoms with Crippen LogP contribution in [-0.4, -0.2) is 0 Å². The first-order valence-electron chi connectivity index (χ1n) is 16.5. The minimum absolute atomic E-state index is 0.519. The highest BCUT2D eigenvalue weighted by Gasteiger charge is 2.24. The number of rotatable bonds is 10. The molecule has 0 heterocycles. The summed E-state index contributed by atoms with van der Waals surface area (Å²) < 4.78 is 0. The maximum absolute atomic E-state index is 2.52. The Bertz CT molecular complexity index is 1220. The van der Waals surface area contributed by atoms with E-state index >= 15 is 0 Å². The van der Waals surface area contributed by atoms with E-state index in [9.17, 15) is 0 Å². The fraction of sp³-hybridized carbons (Fsp3) is 0.550. The Morgan fingerprint density at radius 2 is 0.548 bits per heavy atom. The summed E-state index contributed by atoms with van der Waals surface area (Å²) in [5.74, 6) is 3.17. The van der Waals surface area contributed by atoms with Crippen LogP contribution in [0.2, 0.25) is 0 Å². The van der Waals surface area contributed by atoms with E-state index in [2.05, 4.69) is 135 Å². The highest BCUT2D eigenvalue weighted by molar-refractivity contribution is 7.57. The van der Waals surface area contributed by atoms with Crippen LogP contribution in [0.5, 0.6) is 0 Å². The van der Waals surface area contributed by atoms with E-state index in [1.165, 1.54) is 33.4 Å². The molecule has 230 valence electrons. The molecule has 0 aliphatic heterocycles. The molecule has 0 saturated heterocycles. The average Bonchev–Trinajstić information content (AvgIpc) is 2.91. The summed E-state index contributed by atoms with van der Waals surface area (Å²) >= 11 is 0. The van der Waals surface area contributed by atoms with Gasteiger partial charge >= 0.3 is 0 Å². The molecule has 0 spiro atoms. The van der Waals surface area contributed by atoms with Crippen LogP contribution in [0.1, 0.15) is 174 Å². The van der Waals surface area contributed by atoms with Gasteiger partial charge in [-0.3, -0.25) is 0 Å². The minimum Gasteiger partial charge on any atom is -0.0587 e. The lowest BCUT2D eigenvalue weighted by Gasteiger charge is -2.27. The molecule has 0 bridgehead atoms. The van der Waals surface area contributed by atoms with Gasteiger partial charge in [-0.05, 0) is 140 Å². The average molecular weight is 603 g/mol. The van der Waals surface area contributed by atoms with E-state index < -0.39 is 0 Å². The van der Waals surface area contributed by atoms with Crippen LogP contribution in [0.4, 0.5) is 0 Å². The first-order valence-corrected chi connectivity index (χ1v) is 18.5. The standard InChI is InChI=1S/C40H60P2/c1-21(2)31-17-33(23(5)6)39(34(18-31)24(7)8)41-37-27(13)29(15)38(30(16)28(37)14)42-40-35(25(9)10)19-32(22(3)4)20-36(40)26(11)12/h17-26,41-42H,1-16H3. The summed E-state index contributed by atoms with van der Waals surface area (Å²) in [4.78, 5) is 0. The molecule has 0 radical (unpaired) electrons. The molecule has 0 N–H and O–H groups in total. The van der Waals surface area contributed by atoms with Crippen LogP contribution in [0.3, 0.4) is 0 Å². The molecule has 3 rings (SSSR count). The third-order valence-electron chi connectivity index (χ3n) is 9.39. The largest absolute Gasteiger partial charge is 0.0587 e. The zero-order valence-electron chi connectivity index (χ0n) is 29.8. The van der Waals surface area contributed by atoms with E-state index in [4.69, 9.17) is 0 Å². The fourth-order valence-corrected chi connectivity index (χ4v) is 10.2. The molecule has 0 fully saturated rings. The van der Waals surface area contributed by atoms with E-state index in [0.717, 1.165) is 0 Å². The maximum atomic E-state index is 2.52. The van der Waals surface area contributed by atoms with Gasteiger partial charge in [-0.1, -0.05) is 125 Å². The zero-order chi connectivity index (χ0) is 31.8. The topological polar surface area (TPSA) is 0 Å². The fourth-order valence-electron chi connectivity index (χ4n) is 6.14. The molecular weight excluding hydrogens is 542 g/mol. The van der Waals surface area contributed by atoms with Crippen molar-refractivity contribution < 1.29 is 0 Å². The lowest BCUT2D eigenvalue weighted by atomic mass is 9.89. The second kappa shape index (κ2) is 14.1. The van der Waals surface area contributed by atoms with Gasteiger partial charge in [0.1, 0.15) is 0 Å². The van der Waals surface area contributed by atoms with Crippen LogP contribution in [0.25, 0.3) is 0 Å². The summed E-state index contributed by atoms with van der Waals surface area (Å²) in [7, 11) is 1.38. The Kier molecular flexibility index (Phi) is 11.7. The van der Waals surface area contributed by atoms with Gasteiger partial charge < -0.3 is 0 Å². The van der Waals surface area contributed by atoms with E-state index in [1.54, 1.807) is 43.5 Å². The molecule has 0 aromatic heterocycles. The van der Waals surface area contributed by atoms with Crippen molar-refractivity contribution in [2.45, 2.75) is 146 Å². The molecule has 0 saturated carbocycles. The second-order valence-electron chi connectivity index (χ2n) is 14.6. The Hall–Kier alpha value is -1.48. The Morgan fingerprint density at radius 1 is 0.333 bits per heavy atom. The maximum Gasteiger partial charge on any atom is -0.0157 e. The highest BCUT2D eigenvalue weighted by atomic mass is 31.1. The van der Waals surface area contributed by atoms with Crippen molar-refractivity contribution in [3.05, 3.63) is 79.9 Å². The molecule has 42 heavy (non-hydrogen) atoms. The van der Waals surface area contributed by atoms with Gasteiger partial charge in [0.15, 0.2) is 0 Å². The molecule has 0 nitrogen and oxygen atoms in total. The van der Waals surface area contributed by atoms with Crippen molar-refractivity contribution in [3.63, 3.8) is 0 Å². The van der Waals surface area contributed by atoms with Crippen LogP contribution >= 0.6 is 17.2 Å². The third kappa shape index (κ3) is 7.24. The van der Waals surface area contributed by atoms with Crippen molar-refractivity contribution in [1.29, 1.82) is 0 Å². The predicted molar refractivity (Wildman–Crippen MR) is 198 cm³/mol. The van der Waals surface area contributed by atoms with Gasteiger partial charge in [0.2, 0.25) is 0 Å². The molecule has 2 unspecified atom stereocenters. The molecule has 0 aliphatic carbocycles. The molecule has 0 amide bonds. The molecule has 3 aromatic carbocycles. The summed E-state index contributed by atoms with van der Waals surface area (Å²) in [5.41, 5.74) is 15.2. The van der Waals surface area contributed by atoms with Crippen molar-refractivity contribution >= 4 is 38.4 Å². The monoisotopic (exact) mass is 602 g/mol. The summed E-state index contributed by atoms with van der Waals surface area (Å²) in [5, 5.41) is 6.34. The summed E-state index contributed by atoms with van der Waals surface area (Å²) in [6.07, 6.45) is 0. The number of hydrogen-bond acceptors (Lipinski definition) is 0. The van der Waals surface area contributed by atoms with E-state index in [-0.39, 0.29) is 0 Å². The van der Waals surface area contributed by atoms with Gasteiger partial charge in [-0.2, -0.15) is 0 Å². The lowest BCUT2D eigenvalue weighted by Crippen LogP contribution is -2.26. The number of hydrogen-bond donors (Lipinski definition) is 0. The van der Waals surface area contributed by atoms with Crippen LogP contribution in [0.15, 0.2) is 24.3 Å². The Balaban J connectivity index is 2.23. The lowest BCUT2D eigenvalue weighted by molar-refractivity contribution is 0.813. The number of benzene rings is 3. The normalized spacial score (nSPS) is 12.9. The molecule has 3 aromatic rings. The molecular formula is C40H60P2. The van der Waals surface area contributed by atoms with Gasteiger partial charge in [0.25, 0.3) is 0 Å². The van der Waals surface area contributed by atoms with Crippen LogP contribution in [0, 0.1) is 27.7 Å². The Labute approximate surface area is 263 Å². The molecule has 0 aliphatic rings. The van der Waals surface area contributed by atoms with Crippen molar-refractivity contribution in [2.24, 2.45) is 0 Å². The quantitative estimate of drug-likeness (QED) is 0.203. The van der Waals surface area contributed by atoms with Gasteiger partial charge in [0.05, 0.1) is 0 Å². The van der Waals surface area contributed by atoms with Gasteiger partial charge in [0, 0.05) is 0 Å². The molecule has 2 atom stereocenters. The SMILES string of the molecule is Cc1c(C)c(Pc2c(C(C)C)cc(C(C)C)cc2C(C)C)c(C)c(C)c1Pc1c(C(C)C)cc(C(C)C)cc1C(C)C. The third-order valence-corrected chi connectivity index (χ3v) is 13.0. The summed E-state index contributed by atoms with van der Waals surface area (Å²) in [6.45, 7) is 37.9. The highest BCUT2D eigenvalue weighted by Crippen LogP contribution is 2.35. The first-order chi connectivity index (χ1) is 19.5. The molecule has 2 heteroatoms. The van der Waals surface area contributed by atoms with Crippen LogP contribution < -0.4 is 21.2 Å². The first kappa shape index (κ1) is 35.0.